The lowest BCUT2D eigenvalue weighted by Crippen LogP contribution is -2.29. The van der Waals surface area contributed by atoms with E-state index in [1.165, 1.54) is 38.8 Å². The summed E-state index contributed by atoms with van der Waals surface area (Å²) in [6.45, 7) is 4.52. The molecule has 78 valence electrons. The van der Waals surface area contributed by atoms with Gasteiger partial charge in [-0.05, 0) is 25.9 Å². The summed E-state index contributed by atoms with van der Waals surface area (Å²) in [4.78, 5) is 4.29. The van der Waals surface area contributed by atoms with Gasteiger partial charge in [0.15, 0.2) is 0 Å². The molecule has 14 heavy (non-hydrogen) atoms. The van der Waals surface area contributed by atoms with Gasteiger partial charge in [0, 0.05) is 6.54 Å². The highest BCUT2D eigenvalue weighted by molar-refractivity contribution is 4.64. The molecule has 2 heterocycles. The van der Waals surface area contributed by atoms with Crippen LogP contribution in [-0.4, -0.2) is 39.5 Å². The van der Waals surface area contributed by atoms with Crippen LogP contribution in [0.4, 0.5) is 0 Å². The van der Waals surface area contributed by atoms with E-state index in [1.807, 2.05) is 0 Å². The first kappa shape index (κ1) is 9.65. The Labute approximate surface area is 84.9 Å². The van der Waals surface area contributed by atoms with Gasteiger partial charge in [-0.1, -0.05) is 12.8 Å². The van der Waals surface area contributed by atoms with Gasteiger partial charge in [0.1, 0.15) is 0 Å². The highest BCUT2D eigenvalue weighted by Crippen LogP contribution is 2.08. The molecule has 4 heteroatoms. The minimum atomic E-state index is 0.924. The molecule has 0 saturated carbocycles. The van der Waals surface area contributed by atoms with Crippen LogP contribution in [0.15, 0.2) is 12.4 Å². The minimum Gasteiger partial charge on any atom is -0.301 e. The number of rotatable bonds is 3. The van der Waals surface area contributed by atoms with E-state index in [4.69, 9.17) is 0 Å². The van der Waals surface area contributed by atoms with Crippen LogP contribution < -0.4 is 0 Å². The van der Waals surface area contributed by atoms with Gasteiger partial charge < -0.3 is 4.90 Å². The number of likely N-dealkylation sites (tertiary alicyclic amines) is 1. The highest BCUT2D eigenvalue weighted by Gasteiger charge is 2.08. The Balaban J connectivity index is 1.73. The largest absolute Gasteiger partial charge is 0.301 e. The SMILES string of the molecule is c1cnn(CCN2CCCCCC2)n1. The molecule has 0 amide bonds. The minimum absolute atomic E-state index is 0.924. The van der Waals surface area contributed by atoms with Crippen LogP contribution in [0.3, 0.4) is 0 Å². The molecule has 0 unspecified atom stereocenters. The molecule has 1 aromatic heterocycles. The van der Waals surface area contributed by atoms with Crippen molar-refractivity contribution in [3.05, 3.63) is 12.4 Å². The van der Waals surface area contributed by atoms with Crippen LogP contribution in [0.5, 0.6) is 0 Å². The summed E-state index contributed by atoms with van der Waals surface area (Å²) in [7, 11) is 0. The van der Waals surface area contributed by atoms with Gasteiger partial charge in [-0.2, -0.15) is 15.0 Å². The fourth-order valence-corrected chi connectivity index (χ4v) is 1.95. The standard InChI is InChI=1S/C10H18N4/c1-2-4-8-13(7-3-1)9-10-14-11-5-6-12-14/h5-6H,1-4,7-10H2. The van der Waals surface area contributed by atoms with Crippen molar-refractivity contribution in [1.29, 1.82) is 0 Å². The third kappa shape index (κ3) is 2.80. The van der Waals surface area contributed by atoms with Crippen molar-refractivity contribution in [3.63, 3.8) is 0 Å². The van der Waals surface area contributed by atoms with E-state index >= 15 is 0 Å². The monoisotopic (exact) mass is 194 g/mol. The summed E-state index contributed by atoms with van der Waals surface area (Å²) in [5.74, 6) is 0. The second kappa shape index (κ2) is 5.10. The number of hydrogen-bond acceptors (Lipinski definition) is 3. The van der Waals surface area contributed by atoms with E-state index in [-0.39, 0.29) is 0 Å². The van der Waals surface area contributed by atoms with Crippen LogP contribution >= 0.6 is 0 Å². The van der Waals surface area contributed by atoms with Gasteiger partial charge in [-0.3, -0.25) is 0 Å². The molecule has 0 atom stereocenters. The van der Waals surface area contributed by atoms with Crippen LogP contribution in [-0.2, 0) is 6.54 Å². The first-order valence-corrected chi connectivity index (χ1v) is 5.51. The summed E-state index contributed by atoms with van der Waals surface area (Å²) in [6.07, 6.45) is 8.98. The Bertz CT molecular complexity index is 237. The van der Waals surface area contributed by atoms with Crippen LogP contribution in [0, 0.1) is 0 Å². The molecular weight excluding hydrogens is 176 g/mol. The molecule has 0 radical (unpaired) electrons. The molecular formula is C10H18N4. The van der Waals surface area contributed by atoms with Crippen molar-refractivity contribution in [3.8, 4) is 0 Å². The van der Waals surface area contributed by atoms with Crippen molar-refractivity contribution in [2.24, 2.45) is 0 Å². The van der Waals surface area contributed by atoms with E-state index in [0.717, 1.165) is 13.1 Å². The average Bonchev–Trinajstić information content (AvgIpc) is 2.58. The Morgan fingerprint density at radius 3 is 2.14 bits per heavy atom. The predicted molar refractivity (Wildman–Crippen MR) is 54.9 cm³/mol. The zero-order chi connectivity index (χ0) is 9.64. The zero-order valence-electron chi connectivity index (χ0n) is 8.60. The maximum absolute atomic E-state index is 4.10. The van der Waals surface area contributed by atoms with E-state index < -0.39 is 0 Å². The lowest BCUT2D eigenvalue weighted by molar-refractivity contribution is 0.262. The Kier molecular flexibility index (Phi) is 3.51. The second-order valence-electron chi connectivity index (χ2n) is 3.88. The Morgan fingerprint density at radius 2 is 1.50 bits per heavy atom. The molecule has 0 spiro atoms. The molecule has 0 aromatic carbocycles. The van der Waals surface area contributed by atoms with Gasteiger partial charge >= 0.3 is 0 Å². The summed E-state index contributed by atoms with van der Waals surface area (Å²) < 4.78 is 0. The van der Waals surface area contributed by atoms with Crippen LogP contribution in [0.2, 0.25) is 0 Å². The summed E-state index contributed by atoms with van der Waals surface area (Å²) in [5.41, 5.74) is 0. The third-order valence-corrected chi connectivity index (χ3v) is 2.78. The predicted octanol–water partition coefficient (Wildman–Crippen LogP) is 1.15. The van der Waals surface area contributed by atoms with Gasteiger partial charge in [0.25, 0.3) is 0 Å². The molecule has 1 aromatic rings. The highest BCUT2D eigenvalue weighted by atomic mass is 15.5. The molecule has 0 aliphatic carbocycles. The van der Waals surface area contributed by atoms with Crippen molar-refractivity contribution >= 4 is 0 Å². The summed E-state index contributed by atoms with van der Waals surface area (Å²) in [6, 6.07) is 0. The van der Waals surface area contributed by atoms with Crippen molar-refractivity contribution < 1.29 is 0 Å². The first-order valence-electron chi connectivity index (χ1n) is 5.51. The van der Waals surface area contributed by atoms with Gasteiger partial charge in [-0.25, -0.2) is 0 Å². The van der Waals surface area contributed by atoms with Crippen molar-refractivity contribution in [2.75, 3.05) is 19.6 Å². The Hall–Kier alpha value is -0.900. The molecule has 0 bridgehead atoms. The molecule has 1 fully saturated rings. The molecule has 1 saturated heterocycles. The topological polar surface area (TPSA) is 34.0 Å². The lowest BCUT2D eigenvalue weighted by atomic mass is 10.2. The van der Waals surface area contributed by atoms with E-state index in [9.17, 15) is 0 Å². The van der Waals surface area contributed by atoms with Crippen molar-refractivity contribution in [1.82, 2.24) is 19.9 Å². The molecule has 2 rings (SSSR count). The fraction of sp³-hybridized carbons (Fsp3) is 0.800. The fourth-order valence-electron chi connectivity index (χ4n) is 1.95. The number of aromatic nitrogens is 3. The zero-order valence-corrected chi connectivity index (χ0v) is 8.60. The quantitative estimate of drug-likeness (QED) is 0.724. The van der Waals surface area contributed by atoms with Crippen molar-refractivity contribution in [2.45, 2.75) is 32.2 Å². The summed E-state index contributed by atoms with van der Waals surface area (Å²) >= 11 is 0. The molecule has 1 aliphatic rings. The van der Waals surface area contributed by atoms with E-state index in [1.54, 1.807) is 17.2 Å². The summed E-state index contributed by atoms with van der Waals surface area (Å²) in [5, 5.41) is 8.21. The maximum atomic E-state index is 4.10. The third-order valence-electron chi connectivity index (χ3n) is 2.78. The second-order valence-corrected chi connectivity index (χ2v) is 3.88. The smallest absolute Gasteiger partial charge is 0.0734 e. The van der Waals surface area contributed by atoms with Gasteiger partial charge in [0.2, 0.25) is 0 Å². The van der Waals surface area contributed by atoms with Crippen LogP contribution in [0.25, 0.3) is 0 Å². The molecule has 0 N–H and O–H groups in total. The van der Waals surface area contributed by atoms with E-state index in [2.05, 4.69) is 15.1 Å². The number of hydrogen-bond donors (Lipinski definition) is 0. The Morgan fingerprint density at radius 1 is 0.857 bits per heavy atom. The molecule has 4 nitrogen and oxygen atoms in total. The normalized spacial score (nSPS) is 19.4. The first-order chi connectivity index (χ1) is 6.95. The van der Waals surface area contributed by atoms with Gasteiger partial charge in [0.05, 0.1) is 18.9 Å². The lowest BCUT2D eigenvalue weighted by Gasteiger charge is -2.18. The maximum Gasteiger partial charge on any atom is 0.0734 e. The number of nitrogens with zero attached hydrogens (tertiary/aromatic N) is 4. The van der Waals surface area contributed by atoms with E-state index in [0.29, 0.717) is 0 Å². The average molecular weight is 194 g/mol. The molecule has 1 aliphatic heterocycles. The van der Waals surface area contributed by atoms with Crippen LogP contribution in [0.1, 0.15) is 25.7 Å². The van der Waals surface area contributed by atoms with Gasteiger partial charge in [-0.15, -0.1) is 0 Å².